The third kappa shape index (κ3) is 3.97. The highest BCUT2D eigenvalue weighted by molar-refractivity contribution is 5.96. The van der Waals surface area contributed by atoms with Gasteiger partial charge in [-0.1, -0.05) is 32.6 Å². The third-order valence-corrected chi connectivity index (χ3v) is 4.29. The molecule has 1 amide bonds. The molecule has 2 N–H and O–H groups in total. The van der Waals surface area contributed by atoms with Gasteiger partial charge in [0.25, 0.3) is 11.5 Å². The lowest BCUT2D eigenvalue weighted by atomic mass is 9.81. The molecule has 0 saturated heterocycles. The Morgan fingerprint density at radius 1 is 1.30 bits per heavy atom. The zero-order valence-electron chi connectivity index (χ0n) is 13.4. The van der Waals surface area contributed by atoms with Crippen molar-refractivity contribution in [3.63, 3.8) is 0 Å². The minimum Gasteiger partial charge on any atom is -0.480 e. The molecule has 1 aromatic rings. The van der Waals surface area contributed by atoms with E-state index in [2.05, 4.69) is 10.4 Å². The summed E-state index contributed by atoms with van der Waals surface area (Å²) < 4.78 is 1.26. The molecule has 1 fully saturated rings. The summed E-state index contributed by atoms with van der Waals surface area (Å²) in [4.78, 5) is 35.8. The van der Waals surface area contributed by atoms with Crippen LogP contribution in [0.3, 0.4) is 0 Å². The Balaban J connectivity index is 2.19. The molecule has 0 unspecified atom stereocenters. The summed E-state index contributed by atoms with van der Waals surface area (Å²) in [6, 6.07) is 2.64. The van der Waals surface area contributed by atoms with Crippen molar-refractivity contribution in [2.75, 3.05) is 0 Å². The minimum absolute atomic E-state index is 0.0758. The number of carboxylic acids is 1. The number of aliphatic carboxylic acids is 1. The maximum Gasteiger partial charge on any atom is 0.329 e. The van der Waals surface area contributed by atoms with E-state index in [0.29, 0.717) is 19.4 Å². The molecule has 0 atom stereocenters. The maximum absolute atomic E-state index is 12.4. The molecule has 7 heteroatoms. The molecule has 7 nitrogen and oxygen atoms in total. The fraction of sp³-hybridized carbons (Fsp3) is 0.625. The average Bonchev–Trinajstić information content (AvgIpc) is 2.54. The first-order chi connectivity index (χ1) is 11.0. The zero-order valence-corrected chi connectivity index (χ0v) is 13.4. The van der Waals surface area contributed by atoms with Crippen LogP contribution in [0.1, 0.15) is 62.4 Å². The van der Waals surface area contributed by atoms with Crippen LogP contribution >= 0.6 is 0 Å². The lowest BCUT2D eigenvalue weighted by Crippen LogP contribution is -2.55. The van der Waals surface area contributed by atoms with Gasteiger partial charge in [-0.05, 0) is 25.3 Å². The molecule has 1 aliphatic rings. The van der Waals surface area contributed by atoms with Crippen molar-refractivity contribution in [1.82, 2.24) is 15.1 Å². The highest BCUT2D eigenvalue weighted by Gasteiger charge is 2.41. The molecule has 1 heterocycles. The van der Waals surface area contributed by atoms with Crippen molar-refractivity contribution >= 4 is 11.9 Å². The molecule has 0 spiro atoms. The van der Waals surface area contributed by atoms with Crippen LogP contribution in [0.2, 0.25) is 0 Å². The SMILES string of the molecule is CCCCn1nc(C(=O)NC2(C(=O)O)CCCCC2)ccc1=O. The first kappa shape index (κ1) is 17.2. The Morgan fingerprint density at radius 3 is 2.61 bits per heavy atom. The minimum atomic E-state index is -1.22. The molecule has 1 saturated carbocycles. The summed E-state index contributed by atoms with van der Waals surface area (Å²) in [7, 11) is 0. The number of hydrogen-bond acceptors (Lipinski definition) is 4. The Kier molecular flexibility index (Phi) is 5.52. The van der Waals surface area contributed by atoms with Crippen LogP contribution < -0.4 is 10.9 Å². The highest BCUT2D eigenvalue weighted by atomic mass is 16.4. The second kappa shape index (κ2) is 7.39. The summed E-state index contributed by atoms with van der Waals surface area (Å²) in [5.74, 6) is -1.55. The smallest absolute Gasteiger partial charge is 0.329 e. The van der Waals surface area contributed by atoms with Gasteiger partial charge in [0.1, 0.15) is 11.2 Å². The molecular weight excluding hydrogens is 298 g/mol. The number of rotatable bonds is 6. The van der Waals surface area contributed by atoms with Gasteiger partial charge in [-0.2, -0.15) is 5.10 Å². The maximum atomic E-state index is 12.4. The summed E-state index contributed by atoms with van der Waals surface area (Å²) in [5.41, 5.74) is -1.41. The largest absolute Gasteiger partial charge is 0.480 e. The first-order valence-corrected chi connectivity index (χ1v) is 8.12. The van der Waals surface area contributed by atoms with Crippen LogP contribution in [0.25, 0.3) is 0 Å². The van der Waals surface area contributed by atoms with Gasteiger partial charge in [0, 0.05) is 12.6 Å². The number of carbonyl (C=O) groups excluding carboxylic acids is 1. The van der Waals surface area contributed by atoms with E-state index in [4.69, 9.17) is 0 Å². The second-order valence-electron chi connectivity index (χ2n) is 6.04. The molecule has 0 aromatic carbocycles. The molecule has 0 radical (unpaired) electrons. The first-order valence-electron chi connectivity index (χ1n) is 8.12. The molecule has 1 aliphatic carbocycles. The number of hydrogen-bond donors (Lipinski definition) is 2. The van der Waals surface area contributed by atoms with E-state index in [1.165, 1.54) is 16.8 Å². The highest BCUT2D eigenvalue weighted by Crippen LogP contribution is 2.28. The van der Waals surface area contributed by atoms with Gasteiger partial charge in [-0.3, -0.25) is 9.59 Å². The Hall–Kier alpha value is -2.18. The summed E-state index contributed by atoms with van der Waals surface area (Å²) >= 11 is 0. The van der Waals surface area contributed by atoms with E-state index in [1.807, 2.05) is 6.92 Å². The summed E-state index contributed by atoms with van der Waals surface area (Å²) in [5, 5.41) is 16.2. The number of carbonyl (C=O) groups is 2. The summed E-state index contributed by atoms with van der Waals surface area (Å²) in [6.45, 7) is 2.45. The van der Waals surface area contributed by atoms with Gasteiger partial charge in [0.2, 0.25) is 0 Å². The number of unbranched alkanes of at least 4 members (excludes halogenated alkanes) is 1. The van der Waals surface area contributed by atoms with Gasteiger partial charge >= 0.3 is 5.97 Å². The van der Waals surface area contributed by atoms with E-state index in [0.717, 1.165) is 32.1 Å². The van der Waals surface area contributed by atoms with E-state index >= 15 is 0 Å². The van der Waals surface area contributed by atoms with E-state index in [1.54, 1.807) is 0 Å². The molecule has 2 rings (SSSR count). The number of carboxylic acid groups (broad SMARTS) is 1. The van der Waals surface area contributed by atoms with Gasteiger partial charge in [-0.25, -0.2) is 9.48 Å². The van der Waals surface area contributed by atoms with Crippen LogP contribution in [0.15, 0.2) is 16.9 Å². The Labute approximate surface area is 134 Å². The number of aryl methyl sites for hydroxylation is 1. The van der Waals surface area contributed by atoms with Gasteiger partial charge in [0.15, 0.2) is 0 Å². The molecule has 23 heavy (non-hydrogen) atoms. The van der Waals surface area contributed by atoms with Crippen molar-refractivity contribution in [3.8, 4) is 0 Å². The molecule has 1 aromatic heterocycles. The standard InChI is InChI=1S/C16H23N3O4/c1-2-3-11-19-13(20)8-7-12(18-19)14(21)17-16(15(22)23)9-5-4-6-10-16/h7-8H,2-6,9-11H2,1H3,(H,17,21)(H,22,23). The van der Waals surface area contributed by atoms with Crippen LogP contribution in [-0.4, -0.2) is 32.3 Å². The summed E-state index contributed by atoms with van der Waals surface area (Å²) in [6.07, 6.45) is 5.06. The van der Waals surface area contributed by atoms with Crippen molar-refractivity contribution < 1.29 is 14.7 Å². The quantitative estimate of drug-likeness (QED) is 0.828. The number of amides is 1. The van der Waals surface area contributed by atoms with Crippen molar-refractivity contribution in [2.45, 2.75) is 64.0 Å². The molecule has 0 bridgehead atoms. The lowest BCUT2D eigenvalue weighted by molar-refractivity contribution is -0.145. The predicted octanol–water partition coefficient (Wildman–Crippen LogP) is 1.56. The Bertz CT molecular complexity index is 632. The van der Waals surface area contributed by atoms with E-state index in [9.17, 15) is 19.5 Å². The topological polar surface area (TPSA) is 101 Å². The monoisotopic (exact) mass is 321 g/mol. The van der Waals surface area contributed by atoms with Crippen molar-refractivity contribution in [1.29, 1.82) is 0 Å². The fourth-order valence-corrected chi connectivity index (χ4v) is 2.87. The van der Waals surface area contributed by atoms with Crippen molar-refractivity contribution in [3.05, 3.63) is 28.2 Å². The number of nitrogens with zero attached hydrogens (tertiary/aromatic N) is 2. The third-order valence-electron chi connectivity index (χ3n) is 4.29. The van der Waals surface area contributed by atoms with E-state index < -0.39 is 17.4 Å². The fourth-order valence-electron chi connectivity index (χ4n) is 2.87. The number of aromatic nitrogens is 2. The average molecular weight is 321 g/mol. The second-order valence-corrected chi connectivity index (χ2v) is 6.04. The van der Waals surface area contributed by atoms with Crippen LogP contribution in [-0.2, 0) is 11.3 Å². The van der Waals surface area contributed by atoms with Crippen LogP contribution in [0, 0.1) is 0 Å². The van der Waals surface area contributed by atoms with Gasteiger partial charge in [-0.15, -0.1) is 0 Å². The predicted molar refractivity (Wildman–Crippen MR) is 84.3 cm³/mol. The van der Waals surface area contributed by atoms with Crippen LogP contribution in [0.4, 0.5) is 0 Å². The van der Waals surface area contributed by atoms with Crippen LogP contribution in [0.5, 0.6) is 0 Å². The molecule has 126 valence electrons. The van der Waals surface area contributed by atoms with Gasteiger partial charge < -0.3 is 10.4 Å². The van der Waals surface area contributed by atoms with E-state index in [-0.39, 0.29) is 11.3 Å². The van der Waals surface area contributed by atoms with Crippen molar-refractivity contribution in [2.24, 2.45) is 0 Å². The number of nitrogens with one attached hydrogen (secondary N) is 1. The lowest BCUT2D eigenvalue weighted by Gasteiger charge is -2.33. The zero-order chi connectivity index (χ0) is 16.9. The Morgan fingerprint density at radius 2 is 2.00 bits per heavy atom. The molecule has 0 aliphatic heterocycles. The van der Waals surface area contributed by atoms with Gasteiger partial charge in [0.05, 0.1) is 0 Å². The molecular formula is C16H23N3O4. The normalized spacial score (nSPS) is 16.7.